The average molecular weight is 363 g/mol. The van der Waals surface area contributed by atoms with Crippen LogP contribution in [-0.4, -0.2) is 55.1 Å². The first kappa shape index (κ1) is 18.6. The number of methoxy groups -OCH3 is 1. The second-order valence-corrected chi connectivity index (χ2v) is 8.40. The monoisotopic (exact) mass is 362 g/mol. The van der Waals surface area contributed by atoms with Gasteiger partial charge in [0.1, 0.15) is 5.75 Å². The number of nitrogens with one attached hydrogen (secondary N) is 1. The van der Waals surface area contributed by atoms with Crippen LogP contribution in [0.5, 0.6) is 5.75 Å². The number of nitrogens with zero attached hydrogens (tertiary/aromatic N) is 1. The van der Waals surface area contributed by atoms with Crippen LogP contribution in [0.4, 0.5) is 0 Å². The molecule has 2 aliphatic rings. The van der Waals surface area contributed by atoms with E-state index in [1.165, 1.54) is 43.7 Å². The van der Waals surface area contributed by atoms with Gasteiger partial charge >= 0.3 is 0 Å². The van der Waals surface area contributed by atoms with Gasteiger partial charge in [0, 0.05) is 19.1 Å². The highest BCUT2D eigenvalue weighted by atomic mass is 32.2. The molecule has 2 aliphatic heterocycles. The fourth-order valence-corrected chi connectivity index (χ4v) is 4.98. The first-order valence-electron chi connectivity index (χ1n) is 9.46. The average Bonchev–Trinajstić information content (AvgIpc) is 2.68. The van der Waals surface area contributed by atoms with E-state index in [1.807, 2.05) is 24.3 Å². The molecule has 1 N–H and O–H groups in total. The second-order valence-electron chi connectivity index (χ2n) is 7.18. The number of hydrogen-bond acceptors (Lipinski definition) is 4. The molecule has 1 unspecified atom stereocenters. The Morgan fingerprint density at radius 2 is 2.00 bits per heavy atom. The first-order valence-corrected chi connectivity index (χ1v) is 10.6. The van der Waals surface area contributed by atoms with Gasteiger partial charge in [-0.25, -0.2) is 0 Å². The lowest BCUT2D eigenvalue weighted by atomic mass is 9.95. The highest BCUT2D eigenvalue weighted by Crippen LogP contribution is 2.26. The molecule has 2 heterocycles. The summed E-state index contributed by atoms with van der Waals surface area (Å²) in [4.78, 5) is 14.9. The molecule has 1 amide bonds. The molecule has 1 atom stereocenters. The summed E-state index contributed by atoms with van der Waals surface area (Å²) >= 11 is 2.09. The Labute approximate surface area is 155 Å². The van der Waals surface area contributed by atoms with Gasteiger partial charge in [-0.3, -0.25) is 9.69 Å². The normalized spacial score (nSPS) is 22.5. The standard InChI is InChI=1S/C20H30N2O2S/c1-24-19-6-4-16(5-7-19)13-20(23)21-14-17-3-2-10-22(15-17)18-8-11-25-12-9-18/h4-7,17-18H,2-3,8-15H2,1H3,(H,21,23). The fourth-order valence-electron chi connectivity index (χ4n) is 3.90. The van der Waals surface area contributed by atoms with E-state index in [0.29, 0.717) is 12.3 Å². The van der Waals surface area contributed by atoms with Gasteiger partial charge < -0.3 is 10.1 Å². The fraction of sp³-hybridized carbons (Fsp3) is 0.650. The molecule has 1 aromatic rings. The van der Waals surface area contributed by atoms with Gasteiger partial charge in [-0.1, -0.05) is 12.1 Å². The highest BCUT2D eigenvalue weighted by molar-refractivity contribution is 7.99. The van der Waals surface area contributed by atoms with Crippen molar-refractivity contribution >= 4 is 17.7 Å². The Morgan fingerprint density at radius 3 is 2.72 bits per heavy atom. The number of thioether (sulfide) groups is 1. The second kappa shape index (κ2) is 9.48. The van der Waals surface area contributed by atoms with Crippen LogP contribution < -0.4 is 10.1 Å². The van der Waals surface area contributed by atoms with E-state index in [-0.39, 0.29) is 5.91 Å². The maximum Gasteiger partial charge on any atom is 0.224 e. The molecule has 1 aromatic carbocycles. The van der Waals surface area contributed by atoms with Crippen molar-refractivity contribution in [2.24, 2.45) is 5.92 Å². The summed E-state index contributed by atoms with van der Waals surface area (Å²) in [5, 5.41) is 3.15. The number of carbonyl (C=O) groups excluding carboxylic acids is 1. The van der Waals surface area contributed by atoms with Crippen molar-refractivity contribution in [1.82, 2.24) is 10.2 Å². The topological polar surface area (TPSA) is 41.6 Å². The molecule has 0 aromatic heterocycles. The van der Waals surface area contributed by atoms with Crippen LogP contribution in [0, 0.1) is 5.92 Å². The summed E-state index contributed by atoms with van der Waals surface area (Å²) in [6.45, 7) is 3.21. The van der Waals surface area contributed by atoms with E-state index in [4.69, 9.17) is 4.74 Å². The number of benzene rings is 1. The number of rotatable bonds is 6. The SMILES string of the molecule is COc1ccc(CC(=O)NCC2CCCN(C3CCSCC3)C2)cc1. The number of ether oxygens (including phenoxy) is 1. The molecule has 2 saturated heterocycles. The highest BCUT2D eigenvalue weighted by Gasteiger charge is 2.27. The van der Waals surface area contributed by atoms with Crippen LogP contribution in [0.15, 0.2) is 24.3 Å². The van der Waals surface area contributed by atoms with Crippen LogP contribution in [0.25, 0.3) is 0 Å². The first-order chi connectivity index (χ1) is 12.2. The number of carbonyl (C=O) groups is 1. The largest absolute Gasteiger partial charge is 0.497 e. The van der Waals surface area contributed by atoms with E-state index in [9.17, 15) is 4.79 Å². The molecule has 4 nitrogen and oxygen atoms in total. The van der Waals surface area contributed by atoms with Crippen molar-refractivity contribution in [2.75, 3.05) is 38.2 Å². The van der Waals surface area contributed by atoms with E-state index >= 15 is 0 Å². The molecule has 138 valence electrons. The molecule has 3 rings (SSSR count). The maximum absolute atomic E-state index is 12.2. The minimum atomic E-state index is 0.122. The lowest BCUT2D eigenvalue weighted by molar-refractivity contribution is -0.120. The molecular formula is C20H30N2O2S. The van der Waals surface area contributed by atoms with Gasteiger partial charge in [0.15, 0.2) is 0 Å². The lowest BCUT2D eigenvalue weighted by Gasteiger charge is -2.40. The molecule has 0 radical (unpaired) electrons. The van der Waals surface area contributed by atoms with E-state index in [0.717, 1.165) is 30.4 Å². The van der Waals surface area contributed by atoms with E-state index < -0.39 is 0 Å². The van der Waals surface area contributed by atoms with Crippen molar-refractivity contribution in [3.8, 4) is 5.75 Å². The van der Waals surface area contributed by atoms with Gasteiger partial charge in [-0.2, -0.15) is 11.8 Å². The van der Waals surface area contributed by atoms with Crippen LogP contribution in [0.2, 0.25) is 0 Å². The minimum absolute atomic E-state index is 0.122. The van der Waals surface area contributed by atoms with Crippen LogP contribution in [-0.2, 0) is 11.2 Å². The predicted molar refractivity (Wildman–Crippen MR) is 104 cm³/mol. The van der Waals surface area contributed by atoms with Gasteiger partial charge in [0.2, 0.25) is 5.91 Å². The molecule has 5 heteroatoms. The van der Waals surface area contributed by atoms with Crippen molar-refractivity contribution in [3.05, 3.63) is 29.8 Å². The zero-order chi connectivity index (χ0) is 17.5. The summed E-state index contributed by atoms with van der Waals surface area (Å²) in [6, 6.07) is 8.51. The zero-order valence-corrected chi connectivity index (χ0v) is 16.0. The third-order valence-electron chi connectivity index (χ3n) is 5.37. The zero-order valence-electron chi connectivity index (χ0n) is 15.2. The molecule has 0 saturated carbocycles. The minimum Gasteiger partial charge on any atom is -0.497 e. The van der Waals surface area contributed by atoms with Crippen molar-refractivity contribution < 1.29 is 9.53 Å². The Balaban J connectivity index is 1.41. The van der Waals surface area contributed by atoms with Crippen molar-refractivity contribution in [2.45, 2.75) is 38.1 Å². The summed E-state index contributed by atoms with van der Waals surface area (Å²) in [5.41, 5.74) is 1.03. The molecule has 0 bridgehead atoms. The van der Waals surface area contributed by atoms with E-state index in [1.54, 1.807) is 7.11 Å². The molecule has 2 fully saturated rings. The van der Waals surface area contributed by atoms with Gasteiger partial charge in [0.05, 0.1) is 13.5 Å². The molecule has 0 spiro atoms. The summed E-state index contributed by atoms with van der Waals surface area (Å²) < 4.78 is 5.15. The van der Waals surface area contributed by atoms with Gasteiger partial charge in [-0.15, -0.1) is 0 Å². The third-order valence-corrected chi connectivity index (χ3v) is 6.42. The third kappa shape index (κ3) is 5.65. The molecular weight excluding hydrogens is 332 g/mol. The Hall–Kier alpha value is -1.20. The van der Waals surface area contributed by atoms with Crippen LogP contribution >= 0.6 is 11.8 Å². The summed E-state index contributed by atoms with van der Waals surface area (Å²) in [7, 11) is 1.65. The molecule has 0 aliphatic carbocycles. The number of hydrogen-bond donors (Lipinski definition) is 1. The Morgan fingerprint density at radius 1 is 1.24 bits per heavy atom. The van der Waals surface area contributed by atoms with Gasteiger partial charge in [-0.05, 0) is 67.3 Å². The van der Waals surface area contributed by atoms with Crippen LogP contribution in [0.3, 0.4) is 0 Å². The van der Waals surface area contributed by atoms with Gasteiger partial charge in [0.25, 0.3) is 0 Å². The number of likely N-dealkylation sites (tertiary alicyclic amines) is 1. The molecule has 25 heavy (non-hydrogen) atoms. The Bertz CT molecular complexity index is 543. The number of amides is 1. The maximum atomic E-state index is 12.2. The predicted octanol–water partition coefficient (Wildman–Crippen LogP) is 2.96. The quantitative estimate of drug-likeness (QED) is 0.845. The van der Waals surface area contributed by atoms with E-state index in [2.05, 4.69) is 22.0 Å². The summed E-state index contributed by atoms with van der Waals surface area (Å²) in [6.07, 6.45) is 5.62. The lowest BCUT2D eigenvalue weighted by Crippen LogP contribution is -2.46. The Kier molecular flexibility index (Phi) is 7.05. The smallest absolute Gasteiger partial charge is 0.224 e. The van der Waals surface area contributed by atoms with Crippen molar-refractivity contribution in [1.29, 1.82) is 0 Å². The van der Waals surface area contributed by atoms with Crippen molar-refractivity contribution in [3.63, 3.8) is 0 Å². The van der Waals surface area contributed by atoms with Crippen LogP contribution in [0.1, 0.15) is 31.2 Å². The number of piperidine rings is 1. The summed E-state index contributed by atoms with van der Waals surface area (Å²) in [5.74, 6) is 4.17.